The number of hydrogen-bond acceptors (Lipinski definition) is 2. The molecule has 72 heavy (non-hydrogen) atoms. The van der Waals surface area contributed by atoms with Crippen molar-refractivity contribution in [2.75, 3.05) is 9.80 Å². The lowest BCUT2D eigenvalue weighted by Crippen LogP contribution is -2.11. The van der Waals surface area contributed by atoms with E-state index in [4.69, 9.17) is 0 Å². The van der Waals surface area contributed by atoms with Gasteiger partial charge in [0.25, 0.3) is 0 Å². The fourth-order valence-electron chi connectivity index (χ4n) is 11.7. The largest absolute Gasteiger partial charge is 0.313 e. The van der Waals surface area contributed by atoms with E-state index < -0.39 is 0 Å². The molecule has 2 aromatic heterocycles. The van der Waals surface area contributed by atoms with Crippen LogP contribution in [-0.4, -0.2) is 9.13 Å². The third-order valence-corrected chi connectivity index (χ3v) is 15.0. The Balaban J connectivity index is 0.864. The summed E-state index contributed by atoms with van der Waals surface area (Å²) in [6.07, 6.45) is 15.5. The summed E-state index contributed by atoms with van der Waals surface area (Å²) in [6.45, 7) is 0. The van der Waals surface area contributed by atoms with Crippen LogP contribution in [0.2, 0.25) is 0 Å². The minimum absolute atomic E-state index is 1.02. The molecular weight excluding hydrogens is 873 g/mol. The number of para-hydroxylation sites is 2. The fourth-order valence-corrected chi connectivity index (χ4v) is 11.7. The van der Waals surface area contributed by atoms with E-state index in [1.807, 2.05) is 0 Å². The van der Waals surface area contributed by atoms with Gasteiger partial charge < -0.3 is 18.9 Å². The van der Waals surface area contributed by atoms with Gasteiger partial charge in [-0.2, -0.15) is 0 Å². The van der Waals surface area contributed by atoms with Gasteiger partial charge in [-0.3, -0.25) is 0 Å². The van der Waals surface area contributed by atoms with Crippen LogP contribution in [0.25, 0.3) is 82.8 Å². The maximum atomic E-state index is 2.47. The maximum Gasteiger partial charge on any atom is 0.0540 e. The second-order valence-corrected chi connectivity index (χ2v) is 19.1. The Bertz CT molecular complexity index is 4140. The van der Waals surface area contributed by atoms with Crippen LogP contribution in [0.5, 0.6) is 0 Å². The van der Waals surface area contributed by atoms with E-state index in [2.05, 4.69) is 274 Å². The van der Waals surface area contributed by atoms with Crippen LogP contribution in [-0.2, 0) is 6.42 Å². The molecular formula is C68H50N4. The average Bonchev–Trinajstić information content (AvgIpc) is 3.96. The highest BCUT2D eigenvalue weighted by atomic mass is 15.2. The van der Waals surface area contributed by atoms with E-state index in [0.717, 1.165) is 70.9 Å². The summed E-state index contributed by atoms with van der Waals surface area (Å²) in [5, 5.41) is 8.67. The topological polar surface area (TPSA) is 16.3 Å². The standard InChI is InChI=1S/C68H50N4/c1-3-21-51(22-4-1)71-65-29-13-11-27-59(65)61-45-55(41-43-67(61)71)69(63-31-15-19-49-17-7-9-25-57(49)63)53-37-33-47(34-38-53)48-35-39-54(40-36-48)70(64-32-16-20-50-18-8-10-26-58(50)64)56-42-44-68-62(46-56)60-28-12-14-30-66(60)72(68)52-23-5-2-6-24-52/h1-5,7-10,12-23,25-26,28-46H,6,11,24,27H2. The Morgan fingerprint density at radius 2 is 0.875 bits per heavy atom. The number of aryl methyl sites for hydroxylation is 1. The molecule has 0 radical (unpaired) electrons. The number of anilines is 6. The van der Waals surface area contributed by atoms with Crippen molar-refractivity contribution in [1.29, 1.82) is 0 Å². The normalized spacial score (nSPS) is 13.3. The van der Waals surface area contributed by atoms with Crippen molar-refractivity contribution in [3.8, 4) is 16.8 Å². The predicted octanol–water partition coefficient (Wildman–Crippen LogP) is 18.8. The molecule has 0 N–H and O–H groups in total. The van der Waals surface area contributed by atoms with Crippen LogP contribution in [0.4, 0.5) is 34.1 Å². The molecule has 0 spiro atoms. The Morgan fingerprint density at radius 3 is 1.50 bits per heavy atom. The second-order valence-electron chi connectivity index (χ2n) is 19.1. The van der Waals surface area contributed by atoms with E-state index in [9.17, 15) is 0 Å². The Hall–Kier alpha value is -9.12. The molecule has 0 saturated heterocycles. The molecule has 14 rings (SSSR count). The molecule has 0 bridgehead atoms. The first kappa shape index (κ1) is 41.8. The van der Waals surface area contributed by atoms with Crippen molar-refractivity contribution in [1.82, 2.24) is 9.13 Å². The molecule has 0 fully saturated rings. The fraction of sp³-hybridized carbons (Fsp3) is 0.0588. The number of hydrogen-bond donors (Lipinski definition) is 0. The van der Waals surface area contributed by atoms with Crippen molar-refractivity contribution in [3.63, 3.8) is 0 Å². The van der Waals surface area contributed by atoms with E-state index in [1.54, 1.807) is 0 Å². The smallest absolute Gasteiger partial charge is 0.0540 e. The second kappa shape index (κ2) is 17.4. The van der Waals surface area contributed by atoms with Gasteiger partial charge in [-0.15, -0.1) is 0 Å². The van der Waals surface area contributed by atoms with Gasteiger partial charge in [0.15, 0.2) is 0 Å². The molecule has 342 valence electrons. The third-order valence-electron chi connectivity index (χ3n) is 15.0. The van der Waals surface area contributed by atoms with Crippen molar-refractivity contribution < 1.29 is 0 Å². The maximum absolute atomic E-state index is 2.47. The quantitative estimate of drug-likeness (QED) is 0.143. The molecule has 0 aliphatic heterocycles. The minimum Gasteiger partial charge on any atom is -0.313 e. The molecule has 2 heterocycles. The van der Waals surface area contributed by atoms with Crippen LogP contribution in [0.1, 0.15) is 30.5 Å². The SMILES string of the molecule is C1=CCCC(n2c3ccccc3c3cc(N(c4ccc(-c5ccc(N(c6ccc7c(c6)c6c(n7-c7ccccc7)C=CCC6)c6cccc7ccccc67)cc5)cc4)c4cccc5ccccc45)ccc32)=C1. The highest BCUT2D eigenvalue weighted by Gasteiger charge is 2.23. The first-order valence-corrected chi connectivity index (χ1v) is 25.3. The number of allylic oxidation sites excluding steroid dienone is 5. The lowest BCUT2D eigenvalue weighted by molar-refractivity contribution is 0.967. The lowest BCUT2D eigenvalue weighted by Gasteiger charge is -2.28. The number of nitrogens with zero attached hydrogens (tertiary/aromatic N) is 4. The first-order chi connectivity index (χ1) is 35.7. The van der Waals surface area contributed by atoms with Crippen LogP contribution in [0, 0.1) is 0 Å². The summed E-state index contributed by atoms with van der Waals surface area (Å²) in [5.74, 6) is 0. The number of rotatable bonds is 9. The van der Waals surface area contributed by atoms with Crippen LogP contribution < -0.4 is 9.80 Å². The molecule has 4 heteroatoms. The average molecular weight is 923 g/mol. The summed E-state index contributed by atoms with van der Waals surface area (Å²) < 4.78 is 4.90. The minimum atomic E-state index is 1.02. The molecule has 0 unspecified atom stereocenters. The monoisotopic (exact) mass is 922 g/mol. The molecule has 4 nitrogen and oxygen atoms in total. The van der Waals surface area contributed by atoms with Gasteiger partial charge in [0.05, 0.1) is 27.9 Å². The van der Waals surface area contributed by atoms with E-state index in [1.165, 1.54) is 76.9 Å². The zero-order chi connectivity index (χ0) is 47.5. The Morgan fingerprint density at radius 1 is 0.361 bits per heavy atom. The molecule has 2 aliphatic rings. The van der Waals surface area contributed by atoms with E-state index in [-0.39, 0.29) is 0 Å². The first-order valence-electron chi connectivity index (χ1n) is 25.3. The van der Waals surface area contributed by atoms with E-state index >= 15 is 0 Å². The molecule has 0 saturated carbocycles. The highest BCUT2D eigenvalue weighted by molar-refractivity contribution is 6.12. The summed E-state index contributed by atoms with van der Waals surface area (Å²) in [4.78, 5) is 4.88. The number of fused-ring (bicyclic) bond motifs is 8. The van der Waals surface area contributed by atoms with Crippen molar-refractivity contribution >= 4 is 100 Å². The summed E-state index contributed by atoms with van der Waals surface area (Å²) >= 11 is 0. The zero-order valence-electron chi connectivity index (χ0n) is 39.9. The van der Waals surface area contributed by atoms with Gasteiger partial charge >= 0.3 is 0 Å². The van der Waals surface area contributed by atoms with Crippen LogP contribution >= 0.6 is 0 Å². The number of benzene rings is 10. The Kier molecular flexibility index (Phi) is 10.1. The molecule has 10 aromatic carbocycles. The van der Waals surface area contributed by atoms with Gasteiger partial charge in [0.2, 0.25) is 0 Å². The van der Waals surface area contributed by atoms with Gasteiger partial charge in [0.1, 0.15) is 0 Å². The number of aromatic nitrogens is 2. The third kappa shape index (κ3) is 6.98. The van der Waals surface area contributed by atoms with Gasteiger partial charge in [-0.1, -0.05) is 152 Å². The molecule has 0 atom stereocenters. The van der Waals surface area contributed by atoms with Crippen molar-refractivity contribution in [3.05, 3.63) is 260 Å². The van der Waals surface area contributed by atoms with Gasteiger partial charge in [-0.05, 0) is 156 Å². The molecule has 2 aliphatic carbocycles. The van der Waals surface area contributed by atoms with Crippen molar-refractivity contribution in [2.45, 2.75) is 25.7 Å². The lowest BCUT2D eigenvalue weighted by atomic mass is 10.00. The molecule has 0 amide bonds. The summed E-state index contributed by atoms with van der Waals surface area (Å²) in [5.41, 5.74) is 18.0. The van der Waals surface area contributed by atoms with Crippen LogP contribution in [0.3, 0.4) is 0 Å². The highest BCUT2D eigenvalue weighted by Crippen LogP contribution is 2.45. The van der Waals surface area contributed by atoms with E-state index in [0.29, 0.717) is 0 Å². The van der Waals surface area contributed by atoms with Crippen LogP contribution in [0.15, 0.2) is 249 Å². The van der Waals surface area contributed by atoms with Crippen molar-refractivity contribution in [2.24, 2.45) is 0 Å². The molecule has 12 aromatic rings. The predicted molar refractivity (Wildman–Crippen MR) is 306 cm³/mol. The van der Waals surface area contributed by atoms with Gasteiger partial charge in [-0.25, -0.2) is 0 Å². The Labute approximate surface area is 419 Å². The van der Waals surface area contributed by atoms with Gasteiger partial charge in [0, 0.05) is 66.8 Å². The summed E-state index contributed by atoms with van der Waals surface area (Å²) in [6, 6.07) is 82.7. The summed E-state index contributed by atoms with van der Waals surface area (Å²) in [7, 11) is 0. The zero-order valence-corrected chi connectivity index (χ0v) is 39.9.